The first kappa shape index (κ1) is 53.8. The highest BCUT2D eigenvalue weighted by Gasteiger charge is 2.48. The zero-order valence-electron chi connectivity index (χ0n) is 38.4. The molecule has 0 saturated heterocycles. The Labute approximate surface area is 397 Å². The highest BCUT2D eigenvalue weighted by molar-refractivity contribution is 7.86. The zero-order valence-corrected chi connectivity index (χ0v) is 40.8. The minimum atomic E-state index is -4.59. The average Bonchev–Trinajstić information content (AvgIpc) is 3.79. The maximum absolute atomic E-state index is 12.4. The third kappa shape index (κ3) is 13.3. The molecule has 19 nitrogen and oxygen atoms in total. The van der Waals surface area contributed by atoms with E-state index in [1.54, 1.807) is 50.7 Å². The van der Waals surface area contributed by atoms with Crippen molar-refractivity contribution in [2.45, 2.75) is 79.4 Å². The summed E-state index contributed by atoms with van der Waals surface area (Å²) >= 11 is 0. The minimum Gasteiger partial charge on any atom is -0.492 e. The fraction of sp³-hybridized carbons (Fsp3) is 0.435. The van der Waals surface area contributed by atoms with Gasteiger partial charge in [0.05, 0.1) is 34.2 Å². The van der Waals surface area contributed by atoms with Gasteiger partial charge in [0.2, 0.25) is 17.4 Å². The number of carbonyl (C=O) groups is 1. The van der Waals surface area contributed by atoms with Crippen molar-refractivity contribution < 1.29 is 77.5 Å². The maximum Gasteiger partial charge on any atom is 0.333 e. The van der Waals surface area contributed by atoms with Crippen LogP contribution in [0.25, 0.3) is 0 Å². The lowest BCUT2D eigenvalue weighted by atomic mass is 9.76. The Morgan fingerprint density at radius 2 is 1.34 bits per heavy atom. The van der Waals surface area contributed by atoms with Crippen LogP contribution < -0.4 is 9.74 Å². The van der Waals surface area contributed by atoms with Crippen LogP contribution in [0.5, 0.6) is 11.8 Å². The molecular formula is C46H60N3O16S3+. The Kier molecular flexibility index (Phi) is 18.2. The van der Waals surface area contributed by atoms with Crippen LogP contribution >= 0.6 is 0 Å². The van der Waals surface area contributed by atoms with Crippen LogP contribution in [-0.4, -0.2) is 130 Å². The standard InChI is InChI=1S/C46H59N3O16S3/c1-45(23-13-31-66(53,54)55)36-32-34(67(56,57)58)18-20-39(36)48(26-28-64-30-29-63-4)40(45)14-9-6-5-7-10-15-41-46(2,24-27-62-3)37-33-35(68(59,60)61)17-19-38(37)47(41)25-12-8-11-16-44(52)65-49-42(50)21-22-43(49)51/h5-7,9-10,14-15,17-22,32-33H,8,11-13,16,23-31H2,1-4H3,(H4-,50,51,53,54,55,56,57,58,59,60,61)/p+1. The smallest absolute Gasteiger partial charge is 0.333 e. The molecule has 0 aliphatic carbocycles. The lowest BCUT2D eigenvalue weighted by Crippen LogP contribution is -2.32. The lowest BCUT2D eigenvalue weighted by molar-refractivity contribution is -0.442. The molecule has 68 heavy (non-hydrogen) atoms. The van der Waals surface area contributed by atoms with E-state index in [-0.39, 0.29) is 35.7 Å². The second kappa shape index (κ2) is 23.0. The number of nitrogens with zero attached hydrogens (tertiary/aromatic N) is 3. The van der Waals surface area contributed by atoms with E-state index in [1.165, 1.54) is 36.4 Å². The van der Waals surface area contributed by atoms with Crippen LogP contribution in [0.1, 0.15) is 69.9 Å². The van der Waals surface area contributed by atoms with Gasteiger partial charge in [0.25, 0.3) is 30.4 Å². The monoisotopic (exact) mass is 1010 g/mol. The highest BCUT2D eigenvalue weighted by Crippen LogP contribution is 2.51. The molecule has 2 aromatic carbocycles. The molecule has 2 aliphatic rings. The fourth-order valence-electron chi connectivity index (χ4n) is 8.55. The number of rotatable bonds is 26. The van der Waals surface area contributed by atoms with Gasteiger partial charge in [0.15, 0.2) is 12.3 Å². The number of methoxy groups -OCH3 is 2. The molecule has 0 saturated carbocycles. The molecule has 1 aromatic heterocycles. The normalized spacial score (nSPS) is 19.3. The molecule has 3 aromatic rings. The number of ether oxygens (including phenoxy) is 3. The van der Waals surface area contributed by atoms with Gasteiger partial charge < -0.3 is 34.2 Å². The lowest BCUT2D eigenvalue weighted by Gasteiger charge is -2.30. The van der Waals surface area contributed by atoms with Gasteiger partial charge in [0, 0.05) is 80.4 Å². The van der Waals surface area contributed by atoms with Crippen molar-refractivity contribution in [2.24, 2.45) is 0 Å². The average molecular weight is 1010 g/mol. The molecule has 372 valence electrons. The van der Waals surface area contributed by atoms with E-state index in [0.29, 0.717) is 85.8 Å². The van der Waals surface area contributed by atoms with Gasteiger partial charge in [-0.05, 0) is 87.9 Å². The van der Waals surface area contributed by atoms with Crippen molar-refractivity contribution in [1.82, 2.24) is 4.73 Å². The van der Waals surface area contributed by atoms with Crippen LogP contribution in [0.4, 0.5) is 11.4 Å². The quantitative estimate of drug-likeness (QED) is 0.0281. The Balaban J connectivity index is 1.43. The molecular weight excluding hydrogens is 947 g/mol. The van der Waals surface area contributed by atoms with Gasteiger partial charge in [-0.3, -0.25) is 13.7 Å². The van der Waals surface area contributed by atoms with Crippen LogP contribution in [0.2, 0.25) is 0 Å². The van der Waals surface area contributed by atoms with Crippen LogP contribution in [0, 0.1) is 0 Å². The molecule has 0 bridgehead atoms. The van der Waals surface area contributed by atoms with E-state index in [2.05, 4.69) is 4.90 Å². The highest BCUT2D eigenvalue weighted by atomic mass is 32.2. The molecule has 0 fully saturated rings. The summed E-state index contributed by atoms with van der Waals surface area (Å²) in [5, 5.41) is 19.6. The zero-order chi connectivity index (χ0) is 49.9. The maximum atomic E-state index is 12.4. The molecule has 0 radical (unpaired) electrons. The number of fused-ring (bicyclic) bond motifs is 2. The summed E-state index contributed by atoms with van der Waals surface area (Å²) in [6, 6.07) is 11.1. The van der Waals surface area contributed by atoms with Crippen molar-refractivity contribution in [3.8, 4) is 11.8 Å². The molecule has 3 heterocycles. The summed E-state index contributed by atoms with van der Waals surface area (Å²) in [7, 11) is -10.3. The predicted molar refractivity (Wildman–Crippen MR) is 253 cm³/mol. The Morgan fingerprint density at radius 3 is 1.99 bits per heavy atom. The topological polar surface area (TPSA) is 269 Å². The molecule has 5 rings (SSSR count). The number of aromatic nitrogens is 1. The minimum absolute atomic E-state index is 0.0128. The molecule has 0 spiro atoms. The van der Waals surface area contributed by atoms with Crippen molar-refractivity contribution in [3.05, 3.63) is 108 Å². The Bertz CT molecular complexity index is 2780. The molecule has 2 unspecified atom stereocenters. The predicted octanol–water partition coefficient (Wildman–Crippen LogP) is 5.66. The van der Waals surface area contributed by atoms with E-state index >= 15 is 0 Å². The SMILES string of the molecule is COCCOCC[N+]1=C(C=CC=CC=CC=C2N(CCCCCC(=O)On3c(O)ccc3O)c3ccc(S(=O)(=O)O)cc3C2(C)CCOC)C(C)(CCCS(=O)(=O)O)c2cc(S(=O)(=O)O)ccc21. The van der Waals surface area contributed by atoms with Crippen molar-refractivity contribution in [2.75, 3.05) is 64.4 Å². The number of hydrogen-bond acceptors (Lipinski definition) is 14. The van der Waals surface area contributed by atoms with E-state index in [0.717, 1.165) is 11.4 Å². The van der Waals surface area contributed by atoms with Crippen LogP contribution in [-0.2, 0) is 60.2 Å². The van der Waals surface area contributed by atoms with Gasteiger partial charge in [-0.2, -0.15) is 29.8 Å². The number of allylic oxidation sites excluding steroid dienone is 8. The van der Waals surface area contributed by atoms with E-state index in [9.17, 15) is 53.9 Å². The second-order valence-electron chi connectivity index (χ2n) is 16.7. The van der Waals surface area contributed by atoms with Gasteiger partial charge in [0.1, 0.15) is 6.61 Å². The fourth-order valence-corrected chi connectivity index (χ4v) is 10.1. The number of anilines is 1. The Hall–Kier alpha value is -5.17. The van der Waals surface area contributed by atoms with Crippen LogP contribution in [0.3, 0.4) is 0 Å². The summed E-state index contributed by atoms with van der Waals surface area (Å²) in [5.41, 5.74) is 2.35. The molecule has 2 atom stereocenters. The summed E-state index contributed by atoms with van der Waals surface area (Å²) in [6.07, 6.45) is 15.0. The third-order valence-corrected chi connectivity index (χ3v) is 14.5. The van der Waals surface area contributed by atoms with Gasteiger partial charge in [-0.25, -0.2) is 4.79 Å². The number of unbranched alkanes of at least 4 members (excludes halogenated alkanes) is 2. The van der Waals surface area contributed by atoms with Gasteiger partial charge >= 0.3 is 5.97 Å². The number of carbonyl (C=O) groups excluding carboxylic acids is 1. The third-order valence-electron chi connectivity index (χ3n) is 12.0. The summed E-state index contributed by atoms with van der Waals surface area (Å²) in [5.74, 6) is -2.02. The Morgan fingerprint density at radius 1 is 0.706 bits per heavy atom. The molecule has 2 aliphatic heterocycles. The van der Waals surface area contributed by atoms with E-state index in [1.807, 2.05) is 36.7 Å². The van der Waals surface area contributed by atoms with Gasteiger partial charge in [-0.1, -0.05) is 36.8 Å². The molecule has 0 amide bonds. The van der Waals surface area contributed by atoms with E-state index in [4.69, 9.17) is 19.0 Å². The summed E-state index contributed by atoms with van der Waals surface area (Å²) in [6.45, 7) is 5.90. The van der Waals surface area contributed by atoms with Crippen molar-refractivity contribution >= 4 is 53.4 Å². The molecule has 5 N–H and O–H groups in total. The summed E-state index contributed by atoms with van der Waals surface area (Å²) in [4.78, 5) is 19.0. The number of benzene rings is 2. The van der Waals surface area contributed by atoms with E-state index < -0.39 is 64.7 Å². The first-order valence-electron chi connectivity index (χ1n) is 21.8. The van der Waals surface area contributed by atoms with Gasteiger partial charge in [-0.15, -0.1) is 4.73 Å². The van der Waals surface area contributed by atoms with Crippen molar-refractivity contribution in [1.29, 1.82) is 0 Å². The second-order valence-corrected chi connectivity index (χ2v) is 21.1. The first-order chi connectivity index (χ1) is 32.0. The van der Waals surface area contributed by atoms with Crippen LogP contribution in [0.15, 0.2) is 107 Å². The van der Waals surface area contributed by atoms with Crippen molar-refractivity contribution in [3.63, 3.8) is 0 Å². The summed E-state index contributed by atoms with van der Waals surface area (Å²) < 4.78 is 121. The first-order valence-corrected chi connectivity index (χ1v) is 26.2. The molecule has 22 heteroatoms. The number of aromatic hydroxyl groups is 2. The number of hydrogen-bond donors (Lipinski definition) is 5. The largest absolute Gasteiger partial charge is 0.492 e.